The van der Waals surface area contributed by atoms with E-state index in [0.29, 0.717) is 44.6 Å². The van der Waals surface area contributed by atoms with E-state index in [1.807, 2.05) is 58.5 Å². The quantitative estimate of drug-likeness (QED) is 0.629. The molecule has 3 aromatic rings. The minimum absolute atomic E-state index is 0.0259. The summed E-state index contributed by atoms with van der Waals surface area (Å²) in [5.41, 5.74) is 3.37. The molecule has 6 rings (SSSR count). The molecule has 8 nitrogen and oxygen atoms in total. The lowest BCUT2D eigenvalue weighted by Gasteiger charge is -2.38. The van der Waals surface area contributed by atoms with Crippen LogP contribution in [0.1, 0.15) is 24.8 Å². The van der Waals surface area contributed by atoms with Crippen molar-refractivity contribution in [1.82, 2.24) is 15.1 Å². The normalized spacial score (nSPS) is 20.7. The van der Waals surface area contributed by atoms with Crippen LogP contribution < -0.4 is 14.4 Å². The fourth-order valence-corrected chi connectivity index (χ4v) is 5.69. The number of fused-ring (bicyclic) bond motifs is 1. The van der Waals surface area contributed by atoms with Gasteiger partial charge < -0.3 is 19.3 Å². The van der Waals surface area contributed by atoms with Crippen LogP contribution in [0.15, 0.2) is 54.9 Å². The van der Waals surface area contributed by atoms with Crippen LogP contribution >= 0.6 is 0 Å². The Morgan fingerprint density at radius 3 is 2.69 bits per heavy atom. The van der Waals surface area contributed by atoms with Gasteiger partial charge in [-0.2, -0.15) is 5.10 Å². The third-order valence-corrected chi connectivity index (χ3v) is 7.77. The molecule has 4 heterocycles. The summed E-state index contributed by atoms with van der Waals surface area (Å²) in [6, 6.07) is 13.7. The largest absolute Gasteiger partial charge is 0.496 e. The standard InChI is InChI=1S/C27H28N4O4/c1-34-23-15-20(6-7-21(23)19-16-28-29-17-19)31-13-10-27(26(31)33)8-11-30(12-9-27)25(32)24-14-18-4-2-3-5-22(18)35-24/h2-7,15-17,24H,8-14H2,1H3,(H,28,29). The Labute approximate surface area is 203 Å². The Bertz CT molecular complexity index is 1240. The highest BCUT2D eigenvalue weighted by atomic mass is 16.5. The van der Waals surface area contributed by atoms with Gasteiger partial charge in [-0.3, -0.25) is 14.7 Å². The second-order valence-electron chi connectivity index (χ2n) is 9.60. The van der Waals surface area contributed by atoms with Crippen LogP contribution in [0.2, 0.25) is 0 Å². The summed E-state index contributed by atoms with van der Waals surface area (Å²) < 4.78 is 11.5. The Morgan fingerprint density at radius 2 is 1.94 bits per heavy atom. The number of para-hydroxylation sites is 1. The van der Waals surface area contributed by atoms with Crippen molar-refractivity contribution in [3.63, 3.8) is 0 Å². The zero-order valence-corrected chi connectivity index (χ0v) is 19.7. The van der Waals surface area contributed by atoms with Gasteiger partial charge in [-0.1, -0.05) is 18.2 Å². The minimum atomic E-state index is -0.460. The number of H-pyrrole nitrogens is 1. The molecule has 0 saturated carbocycles. The average Bonchev–Trinajstić information content (AvgIpc) is 3.64. The molecule has 2 aromatic carbocycles. The second-order valence-corrected chi connectivity index (χ2v) is 9.60. The summed E-state index contributed by atoms with van der Waals surface area (Å²) in [5, 5.41) is 6.84. The van der Waals surface area contributed by atoms with E-state index in [9.17, 15) is 9.59 Å². The number of aromatic amines is 1. The molecule has 2 fully saturated rings. The summed E-state index contributed by atoms with van der Waals surface area (Å²) in [7, 11) is 1.63. The molecule has 0 aliphatic carbocycles. The van der Waals surface area contributed by atoms with E-state index >= 15 is 0 Å². The maximum atomic E-state index is 13.6. The highest BCUT2D eigenvalue weighted by Gasteiger charge is 2.49. The Balaban J connectivity index is 1.13. The Hall–Kier alpha value is -3.81. The monoisotopic (exact) mass is 472 g/mol. The first-order chi connectivity index (χ1) is 17.1. The van der Waals surface area contributed by atoms with E-state index in [-0.39, 0.29) is 11.8 Å². The molecule has 3 aliphatic heterocycles. The number of carbonyl (C=O) groups is 2. The number of piperidine rings is 1. The predicted molar refractivity (Wildman–Crippen MR) is 130 cm³/mol. The van der Waals surface area contributed by atoms with Gasteiger partial charge in [-0.25, -0.2) is 0 Å². The topological polar surface area (TPSA) is 87.8 Å². The first-order valence-corrected chi connectivity index (χ1v) is 12.1. The molecule has 8 heteroatoms. The van der Waals surface area contributed by atoms with Gasteiger partial charge >= 0.3 is 0 Å². The summed E-state index contributed by atoms with van der Waals surface area (Å²) in [4.78, 5) is 30.5. The van der Waals surface area contributed by atoms with Crippen LogP contribution in [-0.2, 0) is 16.0 Å². The van der Waals surface area contributed by atoms with E-state index in [0.717, 1.165) is 34.5 Å². The molecule has 2 amide bonds. The molecular weight excluding hydrogens is 444 g/mol. The first-order valence-electron chi connectivity index (χ1n) is 12.1. The number of nitrogens with one attached hydrogen (secondary N) is 1. The number of benzene rings is 2. The predicted octanol–water partition coefficient (Wildman–Crippen LogP) is 3.43. The van der Waals surface area contributed by atoms with Crippen molar-refractivity contribution < 1.29 is 19.1 Å². The molecule has 1 atom stereocenters. The molecule has 0 bridgehead atoms. The third kappa shape index (κ3) is 3.64. The maximum absolute atomic E-state index is 13.6. The first kappa shape index (κ1) is 21.7. The lowest BCUT2D eigenvalue weighted by molar-refractivity contribution is -0.142. The van der Waals surface area contributed by atoms with Crippen molar-refractivity contribution in [2.45, 2.75) is 31.8 Å². The summed E-state index contributed by atoms with van der Waals surface area (Å²) in [5.74, 6) is 1.68. The number of likely N-dealkylation sites (tertiary alicyclic amines) is 1. The van der Waals surface area contributed by atoms with Crippen LogP contribution in [0, 0.1) is 5.41 Å². The molecule has 2 saturated heterocycles. The fraction of sp³-hybridized carbons (Fsp3) is 0.370. The van der Waals surface area contributed by atoms with E-state index in [4.69, 9.17) is 9.47 Å². The number of hydrogen-bond donors (Lipinski definition) is 1. The number of ether oxygens (including phenoxy) is 2. The van der Waals surface area contributed by atoms with Crippen LogP contribution in [0.25, 0.3) is 11.1 Å². The lowest BCUT2D eigenvalue weighted by atomic mass is 9.77. The van der Waals surface area contributed by atoms with E-state index in [1.165, 1.54) is 0 Å². The van der Waals surface area contributed by atoms with Gasteiger partial charge in [-0.15, -0.1) is 0 Å². The number of amides is 2. The van der Waals surface area contributed by atoms with Crippen molar-refractivity contribution in [3.8, 4) is 22.6 Å². The van der Waals surface area contributed by atoms with E-state index < -0.39 is 11.5 Å². The smallest absolute Gasteiger partial charge is 0.263 e. The summed E-state index contributed by atoms with van der Waals surface area (Å²) >= 11 is 0. The molecule has 3 aliphatic rings. The highest BCUT2D eigenvalue weighted by molar-refractivity contribution is 6.00. The summed E-state index contributed by atoms with van der Waals surface area (Å²) in [6.45, 7) is 1.83. The number of nitrogens with zero attached hydrogens (tertiary/aromatic N) is 3. The zero-order valence-electron chi connectivity index (χ0n) is 19.7. The van der Waals surface area contributed by atoms with Gasteiger partial charge in [0.15, 0.2) is 6.10 Å². The molecular formula is C27H28N4O4. The number of hydrogen-bond acceptors (Lipinski definition) is 5. The number of anilines is 1. The van der Waals surface area contributed by atoms with Crippen molar-refractivity contribution in [2.75, 3.05) is 31.6 Å². The van der Waals surface area contributed by atoms with E-state index in [2.05, 4.69) is 10.2 Å². The molecule has 1 unspecified atom stereocenters. The molecule has 1 N–H and O–H groups in total. The second kappa shape index (κ2) is 8.45. The molecule has 0 radical (unpaired) electrons. The molecule has 180 valence electrons. The summed E-state index contributed by atoms with van der Waals surface area (Å²) in [6.07, 6.45) is 5.87. The Morgan fingerprint density at radius 1 is 1.14 bits per heavy atom. The van der Waals surface area contributed by atoms with Crippen molar-refractivity contribution in [1.29, 1.82) is 0 Å². The number of rotatable bonds is 4. The van der Waals surface area contributed by atoms with Gasteiger partial charge in [0.1, 0.15) is 11.5 Å². The van der Waals surface area contributed by atoms with Crippen LogP contribution in [-0.4, -0.2) is 59.8 Å². The van der Waals surface area contributed by atoms with Gasteiger partial charge in [0, 0.05) is 55.1 Å². The lowest BCUT2D eigenvalue weighted by Crippen LogP contribution is -2.50. The fourth-order valence-electron chi connectivity index (χ4n) is 5.69. The maximum Gasteiger partial charge on any atom is 0.263 e. The van der Waals surface area contributed by atoms with E-state index in [1.54, 1.807) is 13.3 Å². The Kier molecular flexibility index (Phi) is 5.24. The van der Waals surface area contributed by atoms with Crippen molar-refractivity contribution in [3.05, 3.63) is 60.4 Å². The molecule has 1 spiro atoms. The van der Waals surface area contributed by atoms with Gasteiger partial charge in [-0.05, 0) is 43.0 Å². The number of carbonyl (C=O) groups excluding carboxylic acids is 2. The highest BCUT2D eigenvalue weighted by Crippen LogP contribution is 2.44. The van der Waals surface area contributed by atoms with Crippen molar-refractivity contribution >= 4 is 17.5 Å². The molecule has 35 heavy (non-hydrogen) atoms. The van der Waals surface area contributed by atoms with Crippen LogP contribution in [0.5, 0.6) is 11.5 Å². The van der Waals surface area contributed by atoms with Crippen LogP contribution in [0.4, 0.5) is 5.69 Å². The number of methoxy groups -OCH3 is 1. The SMILES string of the molecule is COc1cc(N2CCC3(CCN(C(=O)C4Cc5ccccc5O4)CC3)C2=O)ccc1-c1cn[nH]c1. The third-order valence-electron chi connectivity index (χ3n) is 7.77. The van der Waals surface area contributed by atoms with Crippen molar-refractivity contribution in [2.24, 2.45) is 5.41 Å². The van der Waals surface area contributed by atoms with Gasteiger partial charge in [0.25, 0.3) is 5.91 Å². The number of aromatic nitrogens is 2. The van der Waals surface area contributed by atoms with Gasteiger partial charge in [0.2, 0.25) is 5.91 Å². The minimum Gasteiger partial charge on any atom is -0.496 e. The zero-order chi connectivity index (χ0) is 24.0. The van der Waals surface area contributed by atoms with Crippen LogP contribution in [0.3, 0.4) is 0 Å². The molecule has 1 aromatic heterocycles. The average molecular weight is 473 g/mol. The van der Waals surface area contributed by atoms with Gasteiger partial charge in [0.05, 0.1) is 18.7 Å².